The van der Waals surface area contributed by atoms with Crippen LogP contribution in [0.4, 0.5) is 10.2 Å². The zero-order valence-electron chi connectivity index (χ0n) is 14.8. The highest BCUT2D eigenvalue weighted by Crippen LogP contribution is 2.38. The number of aryl methyl sites for hydroxylation is 1. The van der Waals surface area contributed by atoms with E-state index in [1.165, 1.54) is 11.6 Å². The van der Waals surface area contributed by atoms with Crippen LogP contribution in [0.3, 0.4) is 0 Å². The molecule has 2 aromatic heterocycles. The van der Waals surface area contributed by atoms with E-state index in [2.05, 4.69) is 10.3 Å². The average Bonchev–Trinajstić information content (AvgIpc) is 3.18. The van der Waals surface area contributed by atoms with Gasteiger partial charge in [0, 0.05) is 29.4 Å². The van der Waals surface area contributed by atoms with Crippen molar-refractivity contribution >= 4 is 5.82 Å². The molecule has 0 unspecified atom stereocenters. The Bertz CT molecular complexity index is 993. The minimum absolute atomic E-state index is 0.0411. The molecule has 0 bridgehead atoms. The summed E-state index contributed by atoms with van der Waals surface area (Å²) in [5.74, 6) is 1.49. The average molecular weight is 362 g/mol. The van der Waals surface area contributed by atoms with Crippen molar-refractivity contribution in [2.24, 2.45) is 0 Å². The molecule has 1 aromatic carbocycles. The first-order valence-corrected chi connectivity index (χ1v) is 9.28. The first kappa shape index (κ1) is 16.2. The summed E-state index contributed by atoms with van der Waals surface area (Å²) in [5, 5.41) is 3.55. The van der Waals surface area contributed by atoms with Crippen LogP contribution in [0.15, 0.2) is 42.6 Å². The molecule has 3 aromatic rings. The molecule has 3 heterocycles. The van der Waals surface area contributed by atoms with Gasteiger partial charge in [0.15, 0.2) is 17.4 Å². The van der Waals surface area contributed by atoms with Gasteiger partial charge in [-0.2, -0.15) is 0 Å². The van der Waals surface area contributed by atoms with Gasteiger partial charge >= 0.3 is 0 Å². The first-order valence-electron chi connectivity index (χ1n) is 9.28. The Kier molecular flexibility index (Phi) is 3.96. The number of ether oxygens (including phenoxy) is 1. The zero-order chi connectivity index (χ0) is 18.2. The summed E-state index contributed by atoms with van der Waals surface area (Å²) in [4.78, 5) is 13.9. The second-order valence-electron chi connectivity index (χ2n) is 6.88. The van der Waals surface area contributed by atoms with Crippen LogP contribution in [0.1, 0.15) is 35.7 Å². The van der Waals surface area contributed by atoms with Crippen molar-refractivity contribution in [2.45, 2.75) is 31.7 Å². The van der Waals surface area contributed by atoms with Crippen molar-refractivity contribution in [2.75, 3.05) is 11.9 Å². The largest absolute Gasteiger partial charge is 0.490 e. The van der Waals surface area contributed by atoms with E-state index in [4.69, 9.17) is 14.7 Å². The standard InChI is InChI=1S/C21H19FN4O/c22-15-7-3-5-13-17(10-12-27-19(13)15)24-20-14-6-4-9-16(14)25-21(26-20)18-8-1-2-11-23-18/h1-3,5,7-8,11,17H,4,6,9-10,12H2,(H,24,25,26)/t17-/m0/s1. The molecule has 0 amide bonds. The molecule has 1 aliphatic carbocycles. The van der Waals surface area contributed by atoms with E-state index in [1.54, 1.807) is 12.3 Å². The van der Waals surface area contributed by atoms with Gasteiger partial charge in [-0.25, -0.2) is 14.4 Å². The fraction of sp³-hybridized carbons (Fsp3) is 0.286. The van der Waals surface area contributed by atoms with Crippen molar-refractivity contribution in [1.29, 1.82) is 0 Å². The number of para-hydroxylation sites is 1. The van der Waals surface area contributed by atoms with Crippen molar-refractivity contribution in [3.63, 3.8) is 0 Å². The molecule has 0 saturated heterocycles. The Hall–Kier alpha value is -3.02. The topological polar surface area (TPSA) is 59.9 Å². The molecule has 0 spiro atoms. The molecule has 1 N–H and O–H groups in total. The third kappa shape index (κ3) is 2.91. The fourth-order valence-electron chi connectivity index (χ4n) is 3.86. The Balaban J connectivity index is 1.55. The van der Waals surface area contributed by atoms with Gasteiger partial charge < -0.3 is 10.1 Å². The van der Waals surface area contributed by atoms with Crippen LogP contribution in [0.25, 0.3) is 11.5 Å². The first-order chi connectivity index (χ1) is 13.3. The Morgan fingerprint density at radius 3 is 2.93 bits per heavy atom. The summed E-state index contributed by atoms with van der Waals surface area (Å²) < 4.78 is 19.7. The van der Waals surface area contributed by atoms with Gasteiger partial charge in [-0.1, -0.05) is 18.2 Å². The van der Waals surface area contributed by atoms with E-state index < -0.39 is 0 Å². The summed E-state index contributed by atoms with van der Waals surface area (Å²) in [5.41, 5.74) is 3.85. The summed E-state index contributed by atoms with van der Waals surface area (Å²) in [7, 11) is 0. The van der Waals surface area contributed by atoms with Crippen molar-refractivity contribution in [3.8, 4) is 17.3 Å². The molecule has 2 aliphatic rings. The number of nitrogens with zero attached hydrogens (tertiary/aromatic N) is 3. The number of pyridine rings is 1. The van der Waals surface area contributed by atoms with E-state index in [0.29, 0.717) is 18.2 Å². The number of nitrogens with one attached hydrogen (secondary N) is 1. The highest BCUT2D eigenvalue weighted by Gasteiger charge is 2.27. The molecule has 5 nitrogen and oxygen atoms in total. The monoisotopic (exact) mass is 362 g/mol. The number of anilines is 1. The number of rotatable bonds is 3. The maximum atomic E-state index is 14.1. The lowest BCUT2D eigenvalue weighted by Gasteiger charge is -2.28. The second-order valence-corrected chi connectivity index (χ2v) is 6.88. The smallest absolute Gasteiger partial charge is 0.180 e. The molecular formula is C21H19FN4O. The molecule has 0 fully saturated rings. The highest BCUT2D eigenvalue weighted by atomic mass is 19.1. The molecule has 5 rings (SSSR count). The molecule has 1 atom stereocenters. The zero-order valence-corrected chi connectivity index (χ0v) is 14.8. The Labute approximate surface area is 156 Å². The van der Waals surface area contributed by atoms with Gasteiger partial charge in [0.2, 0.25) is 0 Å². The lowest BCUT2D eigenvalue weighted by atomic mass is 10.00. The summed E-state index contributed by atoms with van der Waals surface area (Å²) in [6.07, 6.45) is 5.48. The summed E-state index contributed by atoms with van der Waals surface area (Å²) >= 11 is 0. The van der Waals surface area contributed by atoms with Crippen LogP contribution in [0.2, 0.25) is 0 Å². The van der Waals surface area contributed by atoms with Gasteiger partial charge in [-0.15, -0.1) is 0 Å². The van der Waals surface area contributed by atoms with Gasteiger partial charge in [0.1, 0.15) is 11.5 Å². The number of halogens is 1. The van der Waals surface area contributed by atoms with Crippen LogP contribution in [0.5, 0.6) is 5.75 Å². The van der Waals surface area contributed by atoms with Crippen molar-refractivity contribution < 1.29 is 9.13 Å². The van der Waals surface area contributed by atoms with Crippen LogP contribution in [-0.4, -0.2) is 21.6 Å². The number of hydrogen-bond donors (Lipinski definition) is 1. The van der Waals surface area contributed by atoms with E-state index >= 15 is 0 Å². The molecule has 1 aliphatic heterocycles. The summed E-state index contributed by atoms with van der Waals surface area (Å²) in [6.45, 7) is 0.478. The fourth-order valence-corrected chi connectivity index (χ4v) is 3.86. The van der Waals surface area contributed by atoms with Gasteiger partial charge in [-0.3, -0.25) is 4.98 Å². The van der Waals surface area contributed by atoms with E-state index in [-0.39, 0.29) is 11.9 Å². The molecule has 27 heavy (non-hydrogen) atoms. The Morgan fingerprint density at radius 2 is 2.04 bits per heavy atom. The molecule has 0 radical (unpaired) electrons. The van der Waals surface area contributed by atoms with E-state index in [1.807, 2.05) is 24.3 Å². The van der Waals surface area contributed by atoms with Gasteiger partial charge in [0.05, 0.1) is 12.6 Å². The predicted octanol–water partition coefficient (Wildman–Crippen LogP) is 4.10. The van der Waals surface area contributed by atoms with Crippen LogP contribution < -0.4 is 10.1 Å². The molecule has 6 heteroatoms. The third-order valence-electron chi connectivity index (χ3n) is 5.16. The lowest BCUT2D eigenvalue weighted by Crippen LogP contribution is -2.22. The SMILES string of the molecule is Fc1cccc2c1OCC[C@@H]2Nc1nc(-c2ccccn2)nc2c1CCC2. The van der Waals surface area contributed by atoms with Gasteiger partial charge in [0.25, 0.3) is 0 Å². The molecular weight excluding hydrogens is 343 g/mol. The predicted molar refractivity (Wildman–Crippen MR) is 100 cm³/mol. The molecule has 0 saturated carbocycles. The van der Waals surface area contributed by atoms with E-state index in [9.17, 15) is 4.39 Å². The van der Waals surface area contributed by atoms with Crippen LogP contribution in [0, 0.1) is 5.82 Å². The van der Waals surface area contributed by atoms with Crippen LogP contribution in [-0.2, 0) is 12.8 Å². The normalized spacial score (nSPS) is 17.7. The van der Waals surface area contributed by atoms with Crippen molar-refractivity contribution in [3.05, 3.63) is 65.2 Å². The van der Waals surface area contributed by atoms with Crippen molar-refractivity contribution in [1.82, 2.24) is 15.0 Å². The maximum absolute atomic E-state index is 14.1. The Morgan fingerprint density at radius 1 is 1.07 bits per heavy atom. The summed E-state index contributed by atoms with van der Waals surface area (Å²) in [6, 6.07) is 10.8. The highest BCUT2D eigenvalue weighted by molar-refractivity contribution is 5.59. The number of fused-ring (bicyclic) bond motifs is 2. The minimum Gasteiger partial charge on any atom is -0.490 e. The van der Waals surface area contributed by atoms with Gasteiger partial charge in [-0.05, 0) is 37.5 Å². The maximum Gasteiger partial charge on any atom is 0.180 e. The number of benzene rings is 1. The quantitative estimate of drug-likeness (QED) is 0.760. The molecule has 136 valence electrons. The lowest BCUT2D eigenvalue weighted by molar-refractivity contribution is 0.260. The second kappa shape index (κ2) is 6.61. The third-order valence-corrected chi connectivity index (χ3v) is 5.16. The minimum atomic E-state index is -0.318. The van der Waals surface area contributed by atoms with E-state index in [0.717, 1.165) is 48.5 Å². The van der Waals surface area contributed by atoms with Crippen LogP contribution >= 0.6 is 0 Å². The number of hydrogen-bond acceptors (Lipinski definition) is 5. The number of aromatic nitrogens is 3.